The van der Waals surface area contributed by atoms with E-state index < -0.39 is 0 Å². The largest absolute Gasteiger partial charge is 0.343 e. The van der Waals surface area contributed by atoms with Gasteiger partial charge in [-0.3, -0.25) is 9.69 Å². The molecule has 5 heteroatoms. The van der Waals surface area contributed by atoms with E-state index in [4.69, 9.17) is 0 Å². The molecule has 4 nitrogen and oxygen atoms in total. The Balaban J connectivity index is 1.48. The molecule has 1 aromatic carbocycles. The van der Waals surface area contributed by atoms with E-state index in [9.17, 15) is 4.79 Å². The number of nitrogens with one attached hydrogen (secondary N) is 1. The second-order valence-corrected chi connectivity index (χ2v) is 9.65. The Bertz CT molecular complexity index is 770. The molecule has 2 heterocycles. The van der Waals surface area contributed by atoms with E-state index in [1.54, 1.807) is 11.3 Å². The summed E-state index contributed by atoms with van der Waals surface area (Å²) in [4.78, 5) is 20.4. The van der Waals surface area contributed by atoms with E-state index in [0.717, 1.165) is 50.4 Å². The first-order valence-electron chi connectivity index (χ1n) is 11.1. The maximum absolute atomic E-state index is 13.2. The van der Waals surface area contributed by atoms with Crippen molar-refractivity contribution >= 4 is 17.2 Å². The van der Waals surface area contributed by atoms with Crippen LogP contribution in [0, 0.1) is 0 Å². The maximum Gasteiger partial charge on any atom is 0.261 e. The minimum Gasteiger partial charge on any atom is -0.343 e. The zero-order valence-corrected chi connectivity index (χ0v) is 18.3. The molecule has 1 fully saturated rings. The molecule has 1 unspecified atom stereocenters. The van der Waals surface area contributed by atoms with Crippen molar-refractivity contribution in [1.82, 2.24) is 15.1 Å². The number of piperazine rings is 1. The van der Waals surface area contributed by atoms with E-state index in [1.807, 2.05) is 6.07 Å². The number of thiophene rings is 1. The summed E-state index contributed by atoms with van der Waals surface area (Å²) in [6.07, 6.45) is 7.41. The van der Waals surface area contributed by atoms with Gasteiger partial charge in [-0.15, -0.1) is 11.3 Å². The minimum atomic E-state index is 0.0248. The van der Waals surface area contributed by atoms with Crippen LogP contribution in [-0.2, 0) is 12.8 Å². The molecule has 156 valence electrons. The molecule has 1 aromatic heterocycles. The normalized spacial score (nSPS) is 19.8. The molecular weight excluding hydrogens is 378 g/mol. The second kappa shape index (κ2) is 9.88. The molecule has 4 rings (SSSR count). The molecule has 1 aliphatic heterocycles. The van der Waals surface area contributed by atoms with Gasteiger partial charge < -0.3 is 10.2 Å². The minimum absolute atomic E-state index is 0.0248. The smallest absolute Gasteiger partial charge is 0.261 e. The van der Waals surface area contributed by atoms with Gasteiger partial charge in [0.1, 0.15) is 0 Å². The number of aryl methyl sites for hydroxylation is 2. The molecule has 29 heavy (non-hydrogen) atoms. The van der Waals surface area contributed by atoms with Crippen LogP contribution in [0.15, 0.2) is 36.4 Å². The third-order valence-electron chi connectivity index (χ3n) is 6.26. The highest BCUT2D eigenvalue weighted by molar-refractivity contribution is 7.14. The Morgan fingerprint density at radius 3 is 2.52 bits per heavy atom. The molecule has 1 aliphatic carbocycles. The number of benzene rings is 1. The Labute approximate surface area is 178 Å². The van der Waals surface area contributed by atoms with Crippen molar-refractivity contribution in [2.75, 3.05) is 39.8 Å². The first-order valence-corrected chi connectivity index (χ1v) is 11.9. The lowest BCUT2D eigenvalue weighted by molar-refractivity contribution is 0.0911. The van der Waals surface area contributed by atoms with E-state index >= 15 is 0 Å². The van der Waals surface area contributed by atoms with Crippen LogP contribution in [0.1, 0.15) is 57.4 Å². The highest BCUT2D eigenvalue weighted by Crippen LogP contribution is 2.29. The number of nitrogens with zero attached hydrogens (tertiary/aromatic N) is 2. The molecular formula is C24H33N3OS. The second-order valence-electron chi connectivity index (χ2n) is 8.51. The molecule has 0 bridgehead atoms. The summed E-state index contributed by atoms with van der Waals surface area (Å²) >= 11 is 1.72. The first kappa shape index (κ1) is 20.6. The van der Waals surface area contributed by atoms with Gasteiger partial charge in [-0.05, 0) is 49.9 Å². The summed E-state index contributed by atoms with van der Waals surface area (Å²) in [6.45, 7) is 5.17. The zero-order chi connectivity index (χ0) is 20.1. The molecule has 2 aliphatic rings. The standard InChI is InChI=1S/C24H33N3OS/c1-26-13-15-27(16-14-26)18-21(19-9-6-4-7-10-19)25-24(28)23-17-20-11-5-2-3-8-12-22(20)29-23/h4,6-7,9-10,17,21H,2-3,5,8,11-16,18H2,1H3,(H,25,28). The van der Waals surface area contributed by atoms with Crippen LogP contribution in [0.3, 0.4) is 0 Å². The van der Waals surface area contributed by atoms with Crippen molar-refractivity contribution in [3.8, 4) is 0 Å². The van der Waals surface area contributed by atoms with Gasteiger partial charge in [0.25, 0.3) is 5.91 Å². The summed E-state index contributed by atoms with van der Waals surface area (Å²) in [5.74, 6) is 0.0877. The SMILES string of the molecule is CN1CCN(CC(NC(=O)c2cc3c(s2)CCCCCC3)c2ccccc2)CC1. The Morgan fingerprint density at radius 1 is 1.03 bits per heavy atom. The van der Waals surface area contributed by atoms with Gasteiger partial charge in [0.15, 0.2) is 0 Å². The van der Waals surface area contributed by atoms with Crippen molar-refractivity contribution in [2.24, 2.45) is 0 Å². The molecule has 2 aromatic rings. The highest BCUT2D eigenvalue weighted by Gasteiger charge is 2.23. The fraction of sp³-hybridized carbons (Fsp3) is 0.542. The van der Waals surface area contributed by atoms with Crippen LogP contribution in [0.25, 0.3) is 0 Å². The molecule has 1 atom stereocenters. The van der Waals surface area contributed by atoms with Crippen LogP contribution < -0.4 is 5.32 Å². The average molecular weight is 412 g/mol. The number of amides is 1. The summed E-state index contributed by atoms with van der Waals surface area (Å²) in [6, 6.07) is 12.6. The van der Waals surface area contributed by atoms with Crippen LogP contribution in [0.2, 0.25) is 0 Å². The monoisotopic (exact) mass is 411 g/mol. The van der Waals surface area contributed by atoms with Crippen LogP contribution in [0.4, 0.5) is 0 Å². The predicted octanol–water partition coefficient (Wildman–Crippen LogP) is 4.13. The third-order valence-corrected chi connectivity index (χ3v) is 7.50. The predicted molar refractivity (Wildman–Crippen MR) is 121 cm³/mol. The third kappa shape index (κ3) is 5.47. The lowest BCUT2D eigenvalue weighted by Crippen LogP contribution is -2.47. The Morgan fingerprint density at radius 2 is 1.76 bits per heavy atom. The average Bonchev–Trinajstić information content (AvgIpc) is 3.12. The number of hydrogen-bond acceptors (Lipinski definition) is 4. The lowest BCUT2D eigenvalue weighted by Gasteiger charge is -2.35. The van der Waals surface area contributed by atoms with Gasteiger partial charge in [0.2, 0.25) is 0 Å². The van der Waals surface area contributed by atoms with Gasteiger partial charge in [0.05, 0.1) is 10.9 Å². The maximum atomic E-state index is 13.2. The summed E-state index contributed by atoms with van der Waals surface area (Å²) in [7, 11) is 2.18. The van der Waals surface area contributed by atoms with Crippen molar-refractivity contribution in [2.45, 2.75) is 44.6 Å². The zero-order valence-electron chi connectivity index (χ0n) is 17.5. The molecule has 0 spiro atoms. The Kier molecular flexibility index (Phi) is 7.01. The van der Waals surface area contributed by atoms with Gasteiger partial charge >= 0.3 is 0 Å². The fourth-order valence-electron chi connectivity index (χ4n) is 4.39. The van der Waals surface area contributed by atoms with E-state index in [0.29, 0.717) is 0 Å². The number of carbonyl (C=O) groups excluding carboxylic acids is 1. The number of rotatable bonds is 5. The molecule has 1 N–H and O–H groups in total. The number of fused-ring (bicyclic) bond motifs is 1. The van der Waals surface area contributed by atoms with E-state index in [1.165, 1.54) is 41.7 Å². The first-order chi connectivity index (χ1) is 14.2. The van der Waals surface area contributed by atoms with Crippen LogP contribution in [-0.4, -0.2) is 55.5 Å². The van der Waals surface area contributed by atoms with Crippen molar-refractivity contribution in [3.05, 3.63) is 57.3 Å². The van der Waals surface area contributed by atoms with Crippen molar-refractivity contribution in [3.63, 3.8) is 0 Å². The van der Waals surface area contributed by atoms with Gasteiger partial charge in [-0.1, -0.05) is 43.2 Å². The molecule has 1 saturated heterocycles. The molecule has 1 amide bonds. The van der Waals surface area contributed by atoms with Crippen molar-refractivity contribution < 1.29 is 4.79 Å². The molecule has 0 radical (unpaired) electrons. The van der Waals surface area contributed by atoms with E-state index in [-0.39, 0.29) is 11.9 Å². The fourth-order valence-corrected chi connectivity index (χ4v) is 5.55. The Hall–Kier alpha value is -1.69. The van der Waals surface area contributed by atoms with Gasteiger partial charge in [-0.2, -0.15) is 0 Å². The quantitative estimate of drug-likeness (QED) is 0.804. The topological polar surface area (TPSA) is 35.6 Å². The lowest BCUT2D eigenvalue weighted by atomic mass is 9.99. The van der Waals surface area contributed by atoms with E-state index in [2.05, 4.69) is 52.5 Å². The highest BCUT2D eigenvalue weighted by atomic mass is 32.1. The summed E-state index contributed by atoms with van der Waals surface area (Å²) in [5, 5.41) is 3.36. The van der Waals surface area contributed by atoms with Crippen LogP contribution in [0.5, 0.6) is 0 Å². The van der Waals surface area contributed by atoms with Crippen LogP contribution >= 0.6 is 11.3 Å². The van der Waals surface area contributed by atoms with Gasteiger partial charge in [-0.25, -0.2) is 0 Å². The van der Waals surface area contributed by atoms with Gasteiger partial charge in [0, 0.05) is 37.6 Å². The number of hydrogen-bond donors (Lipinski definition) is 1. The number of likely N-dealkylation sites (N-methyl/N-ethyl adjacent to an activating group) is 1. The number of carbonyl (C=O) groups is 1. The summed E-state index contributed by atoms with van der Waals surface area (Å²) < 4.78 is 0. The van der Waals surface area contributed by atoms with Crippen molar-refractivity contribution in [1.29, 1.82) is 0 Å². The summed E-state index contributed by atoms with van der Waals surface area (Å²) in [5.41, 5.74) is 2.60. The molecule has 0 saturated carbocycles.